The molecule has 0 aliphatic rings. The number of ether oxygens (including phenoxy) is 1. The molecule has 3 N–H and O–H groups in total. The summed E-state index contributed by atoms with van der Waals surface area (Å²) >= 11 is 1.40. The number of nitrogens with one attached hydrogen (secondary N) is 1. The number of aromatic nitrogens is 2. The molecule has 1 heterocycles. The summed E-state index contributed by atoms with van der Waals surface area (Å²) in [6, 6.07) is 7.59. The number of rotatable bonds is 4. The Morgan fingerprint density at radius 2 is 2.11 bits per heavy atom. The van der Waals surface area contributed by atoms with Gasteiger partial charge in [0.15, 0.2) is 0 Å². The fraction of sp³-hybridized carbons (Fsp3) is 0.0833. The van der Waals surface area contributed by atoms with Crippen LogP contribution in [0, 0.1) is 5.41 Å². The zero-order valence-electron chi connectivity index (χ0n) is 9.75. The van der Waals surface area contributed by atoms with Crippen molar-refractivity contribution in [3.8, 4) is 5.75 Å². The molecule has 0 spiro atoms. The molecule has 2 aromatic rings. The van der Waals surface area contributed by atoms with E-state index in [1.165, 1.54) is 18.0 Å². The van der Waals surface area contributed by atoms with E-state index in [0.717, 1.165) is 10.6 Å². The molecule has 92 valence electrons. The second-order valence-electron chi connectivity index (χ2n) is 3.40. The number of hydrogen-bond acceptors (Lipinski definition) is 5. The molecule has 0 radical (unpaired) electrons. The summed E-state index contributed by atoms with van der Waals surface area (Å²) in [5.41, 5.74) is 5.86. The number of nitrogen functional groups attached to an aromatic ring is 1. The summed E-state index contributed by atoms with van der Waals surface area (Å²) in [5.74, 6) is 0.682. The topological polar surface area (TPSA) is 84.9 Å². The highest BCUT2D eigenvalue weighted by Gasteiger charge is 2.09. The Labute approximate surface area is 109 Å². The van der Waals surface area contributed by atoms with Crippen LogP contribution >= 0.6 is 11.8 Å². The second kappa shape index (κ2) is 5.50. The average Bonchev–Trinajstić information content (AvgIpc) is 2.39. The van der Waals surface area contributed by atoms with Crippen LogP contribution in [0.15, 0.2) is 46.6 Å². The van der Waals surface area contributed by atoms with Crippen LogP contribution in [-0.4, -0.2) is 22.9 Å². The zero-order chi connectivity index (χ0) is 13.0. The van der Waals surface area contributed by atoms with Crippen LogP contribution in [-0.2, 0) is 0 Å². The van der Waals surface area contributed by atoms with E-state index in [1.54, 1.807) is 13.3 Å². The number of nitrogens with two attached hydrogens (primary N) is 1. The zero-order valence-corrected chi connectivity index (χ0v) is 10.6. The van der Waals surface area contributed by atoms with Crippen LogP contribution in [0.3, 0.4) is 0 Å². The van der Waals surface area contributed by atoms with Gasteiger partial charge in [0.25, 0.3) is 0 Å². The minimum absolute atomic E-state index is 0.0894. The van der Waals surface area contributed by atoms with Crippen LogP contribution in [0.2, 0.25) is 0 Å². The molecule has 0 atom stereocenters. The predicted molar refractivity (Wildman–Crippen MR) is 70.2 cm³/mol. The van der Waals surface area contributed by atoms with Crippen molar-refractivity contribution >= 4 is 17.6 Å². The molecule has 0 fully saturated rings. The first-order valence-corrected chi connectivity index (χ1v) is 5.99. The first-order valence-electron chi connectivity index (χ1n) is 5.18. The highest BCUT2D eigenvalue weighted by atomic mass is 32.2. The van der Waals surface area contributed by atoms with E-state index >= 15 is 0 Å². The molecular weight excluding hydrogens is 248 g/mol. The normalized spacial score (nSPS) is 10.1. The lowest BCUT2D eigenvalue weighted by Crippen LogP contribution is -2.14. The Balaban J connectivity index is 2.31. The first kappa shape index (κ1) is 12.4. The smallest absolute Gasteiger partial charge is 0.144 e. The molecule has 0 saturated heterocycles. The fourth-order valence-electron chi connectivity index (χ4n) is 1.36. The molecule has 1 aromatic heterocycles. The van der Waals surface area contributed by atoms with Crippen LogP contribution < -0.4 is 10.5 Å². The van der Waals surface area contributed by atoms with E-state index < -0.39 is 0 Å². The summed E-state index contributed by atoms with van der Waals surface area (Å²) in [6.45, 7) is 0. The van der Waals surface area contributed by atoms with Crippen LogP contribution in [0.4, 0.5) is 0 Å². The lowest BCUT2D eigenvalue weighted by molar-refractivity contribution is 0.413. The standard InChI is InChI=1S/C12H12N4OS/c1-17-8-3-2-4-9(7-8)18-12-10(11(13)14)15-5-6-16-12/h2-7H,1H3,(H3,13,14). The van der Waals surface area contributed by atoms with Gasteiger partial charge in [0.05, 0.1) is 7.11 Å². The van der Waals surface area contributed by atoms with Crippen molar-refractivity contribution in [3.05, 3.63) is 42.4 Å². The fourth-order valence-corrected chi connectivity index (χ4v) is 2.28. The first-order chi connectivity index (χ1) is 8.70. The number of nitrogens with zero attached hydrogens (tertiary/aromatic N) is 2. The molecule has 0 saturated carbocycles. The molecular formula is C12H12N4OS. The number of hydrogen-bond donors (Lipinski definition) is 2. The molecule has 6 heteroatoms. The molecule has 2 rings (SSSR count). The summed E-state index contributed by atoms with van der Waals surface area (Å²) in [4.78, 5) is 9.20. The third-order valence-electron chi connectivity index (χ3n) is 2.18. The molecule has 0 aliphatic carbocycles. The van der Waals surface area contributed by atoms with Crippen molar-refractivity contribution in [1.29, 1.82) is 5.41 Å². The molecule has 0 bridgehead atoms. The van der Waals surface area contributed by atoms with Gasteiger partial charge < -0.3 is 10.5 Å². The highest BCUT2D eigenvalue weighted by molar-refractivity contribution is 7.99. The summed E-state index contributed by atoms with van der Waals surface area (Å²) in [7, 11) is 1.62. The Kier molecular flexibility index (Phi) is 3.78. The van der Waals surface area contributed by atoms with Gasteiger partial charge in [-0.05, 0) is 18.2 Å². The molecule has 18 heavy (non-hydrogen) atoms. The number of benzene rings is 1. The number of amidine groups is 1. The van der Waals surface area contributed by atoms with Gasteiger partial charge in [-0.15, -0.1) is 0 Å². The second-order valence-corrected chi connectivity index (χ2v) is 4.47. The van der Waals surface area contributed by atoms with Crippen molar-refractivity contribution in [2.75, 3.05) is 7.11 Å². The van der Waals surface area contributed by atoms with Gasteiger partial charge in [0, 0.05) is 17.3 Å². The lowest BCUT2D eigenvalue weighted by Gasteiger charge is -2.06. The quantitative estimate of drug-likeness (QED) is 0.648. The molecule has 5 nitrogen and oxygen atoms in total. The van der Waals surface area contributed by atoms with Gasteiger partial charge >= 0.3 is 0 Å². The Morgan fingerprint density at radius 3 is 2.83 bits per heavy atom. The van der Waals surface area contributed by atoms with E-state index in [4.69, 9.17) is 15.9 Å². The van der Waals surface area contributed by atoms with Gasteiger partial charge in [0.1, 0.15) is 22.3 Å². The van der Waals surface area contributed by atoms with Crippen molar-refractivity contribution in [1.82, 2.24) is 9.97 Å². The van der Waals surface area contributed by atoms with Gasteiger partial charge in [-0.2, -0.15) is 0 Å². The monoisotopic (exact) mass is 260 g/mol. The van der Waals surface area contributed by atoms with E-state index in [0.29, 0.717) is 10.7 Å². The maximum absolute atomic E-state index is 7.46. The summed E-state index contributed by atoms with van der Waals surface area (Å²) in [6.07, 6.45) is 3.10. The van der Waals surface area contributed by atoms with Crippen molar-refractivity contribution in [2.45, 2.75) is 9.92 Å². The van der Waals surface area contributed by atoms with Crippen LogP contribution in [0.1, 0.15) is 5.69 Å². The van der Waals surface area contributed by atoms with Gasteiger partial charge in [-0.3, -0.25) is 5.41 Å². The third kappa shape index (κ3) is 2.78. The highest BCUT2D eigenvalue weighted by Crippen LogP contribution is 2.29. The van der Waals surface area contributed by atoms with E-state index in [-0.39, 0.29) is 5.84 Å². The van der Waals surface area contributed by atoms with Crippen molar-refractivity contribution in [3.63, 3.8) is 0 Å². The lowest BCUT2D eigenvalue weighted by atomic mass is 10.3. The third-order valence-corrected chi connectivity index (χ3v) is 3.16. The van der Waals surface area contributed by atoms with E-state index in [2.05, 4.69) is 9.97 Å². The Morgan fingerprint density at radius 1 is 1.33 bits per heavy atom. The molecule has 0 unspecified atom stereocenters. The van der Waals surface area contributed by atoms with Crippen LogP contribution in [0.25, 0.3) is 0 Å². The van der Waals surface area contributed by atoms with E-state index in [1.807, 2.05) is 24.3 Å². The average molecular weight is 260 g/mol. The number of methoxy groups -OCH3 is 1. The van der Waals surface area contributed by atoms with Gasteiger partial charge in [-0.1, -0.05) is 17.8 Å². The maximum atomic E-state index is 7.46. The largest absolute Gasteiger partial charge is 0.497 e. The van der Waals surface area contributed by atoms with Crippen LogP contribution in [0.5, 0.6) is 5.75 Å². The minimum Gasteiger partial charge on any atom is -0.497 e. The van der Waals surface area contributed by atoms with Gasteiger partial charge in [0.2, 0.25) is 0 Å². The van der Waals surface area contributed by atoms with E-state index in [9.17, 15) is 0 Å². The van der Waals surface area contributed by atoms with Gasteiger partial charge in [-0.25, -0.2) is 9.97 Å². The maximum Gasteiger partial charge on any atom is 0.144 e. The van der Waals surface area contributed by atoms with Crippen molar-refractivity contribution < 1.29 is 4.74 Å². The molecule has 0 amide bonds. The summed E-state index contributed by atoms with van der Waals surface area (Å²) < 4.78 is 5.15. The Bertz CT molecular complexity index is 574. The Hall–Kier alpha value is -2.08. The predicted octanol–water partition coefficient (Wildman–Crippen LogP) is 1.92. The molecule has 0 aliphatic heterocycles. The van der Waals surface area contributed by atoms with Crippen molar-refractivity contribution in [2.24, 2.45) is 5.73 Å². The molecule has 1 aromatic carbocycles. The summed E-state index contributed by atoms with van der Waals surface area (Å²) in [5, 5.41) is 8.07. The SMILES string of the molecule is COc1cccc(Sc2nccnc2C(=N)N)c1. The minimum atomic E-state index is -0.0894.